The fourth-order valence-electron chi connectivity index (χ4n) is 2.34. The molecule has 1 aliphatic heterocycles. The monoisotopic (exact) mass is 212 g/mol. The lowest BCUT2D eigenvalue weighted by atomic mass is 9.77. The molecule has 0 atom stereocenters. The van der Waals surface area contributed by atoms with Gasteiger partial charge in [-0.3, -0.25) is 0 Å². The van der Waals surface area contributed by atoms with Gasteiger partial charge in [-0.1, -0.05) is 24.3 Å². The number of hydrogen-bond donors (Lipinski definition) is 0. The molecule has 0 unspecified atom stereocenters. The molecule has 0 amide bonds. The van der Waals surface area contributed by atoms with Gasteiger partial charge in [0.05, 0.1) is 6.61 Å². The second kappa shape index (κ2) is 3.61. The standard InChI is InChI=1S/C13H13BO2/c1-9-4-3-5-10-6-11-8-16-14(15-2)13(11)7-12(9)10/h3-7H,8H2,1-2H3. The van der Waals surface area contributed by atoms with Gasteiger partial charge in [-0.05, 0) is 40.4 Å². The smallest absolute Gasteiger partial charge is 0.410 e. The summed E-state index contributed by atoms with van der Waals surface area (Å²) in [5.74, 6) is 0. The zero-order valence-electron chi connectivity index (χ0n) is 9.49. The minimum absolute atomic E-state index is 0.195. The summed E-state index contributed by atoms with van der Waals surface area (Å²) in [6.07, 6.45) is 0. The number of rotatable bonds is 1. The highest BCUT2D eigenvalue weighted by Crippen LogP contribution is 2.22. The van der Waals surface area contributed by atoms with Crippen LogP contribution in [0.25, 0.3) is 10.8 Å². The van der Waals surface area contributed by atoms with Crippen molar-refractivity contribution in [2.75, 3.05) is 7.11 Å². The summed E-state index contributed by atoms with van der Waals surface area (Å²) in [6.45, 7) is 2.78. The lowest BCUT2D eigenvalue weighted by Crippen LogP contribution is -2.30. The summed E-state index contributed by atoms with van der Waals surface area (Å²) in [5.41, 5.74) is 3.70. The van der Waals surface area contributed by atoms with E-state index in [0.29, 0.717) is 6.61 Å². The highest BCUT2D eigenvalue weighted by Gasteiger charge is 2.29. The van der Waals surface area contributed by atoms with Crippen molar-refractivity contribution in [3.8, 4) is 0 Å². The summed E-state index contributed by atoms with van der Waals surface area (Å²) < 4.78 is 10.9. The molecule has 0 bridgehead atoms. The maximum absolute atomic E-state index is 5.56. The average molecular weight is 212 g/mol. The molecule has 1 aliphatic rings. The van der Waals surface area contributed by atoms with E-state index in [-0.39, 0.29) is 7.12 Å². The number of hydrogen-bond acceptors (Lipinski definition) is 2. The molecule has 2 aromatic carbocycles. The van der Waals surface area contributed by atoms with Crippen LogP contribution in [0.2, 0.25) is 0 Å². The molecule has 0 N–H and O–H groups in total. The third-order valence-electron chi connectivity index (χ3n) is 3.22. The van der Waals surface area contributed by atoms with E-state index in [1.54, 1.807) is 7.11 Å². The van der Waals surface area contributed by atoms with E-state index in [9.17, 15) is 0 Å². The van der Waals surface area contributed by atoms with Gasteiger partial charge < -0.3 is 9.31 Å². The summed E-state index contributed by atoms with van der Waals surface area (Å²) in [4.78, 5) is 0. The van der Waals surface area contributed by atoms with Crippen LogP contribution >= 0.6 is 0 Å². The summed E-state index contributed by atoms with van der Waals surface area (Å²) in [5, 5.41) is 2.56. The first kappa shape index (κ1) is 9.88. The minimum Gasteiger partial charge on any atom is -0.410 e. The molecule has 2 nitrogen and oxygen atoms in total. The molecule has 0 radical (unpaired) electrons. The van der Waals surface area contributed by atoms with Gasteiger partial charge in [0.2, 0.25) is 0 Å². The molecular weight excluding hydrogens is 199 g/mol. The molecule has 3 rings (SSSR count). The van der Waals surface area contributed by atoms with Crippen molar-refractivity contribution in [2.24, 2.45) is 0 Å². The Morgan fingerprint density at radius 2 is 2.19 bits per heavy atom. The van der Waals surface area contributed by atoms with Gasteiger partial charge in [0, 0.05) is 7.11 Å². The third kappa shape index (κ3) is 1.36. The SMILES string of the molecule is COB1OCc2cc3cccc(C)c3cc21. The van der Waals surface area contributed by atoms with Crippen LogP contribution in [0.3, 0.4) is 0 Å². The molecule has 0 saturated heterocycles. The van der Waals surface area contributed by atoms with E-state index < -0.39 is 0 Å². The topological polar surface area (TPSA) is 18.5 Å². The average Bonchev–Trinajstić information content (AvgIpc) is 2.69. The molecule has 0 saturated carbocycles. The Balaban J connectivity index is 2.27. The van der Waals surface area contributed by atoms with E-state index in [4.69, 9.17) is 9.31 Å². The molecule has 0 spiro atoms. The molecule has 0 aromatic heterocycles. The van der Waals surface area contributed by atoms with E-state index >= 15 is 0 Å². The van der Waals surface area contributed by atoms with Crippen LogP contribution in [0.1, 0.15) is 11.1 Å². The maximum atomic E-state index is 5.56. The van der Waals surface area contributed by atoms with Crippen molar-refractivity contribution in [1.82, 2.24) is 0 Å². The predicted molar refractivity (Wildman–Crippen MR) is 65.9 cm³/mol. The van der Waals surface area contributed by atoms with Crippen molar-refractivity contribution in [1.29, 1.82) is 0 Å². The van der Waals surface area contributed by atoms with Gasteiger partial charge in [0.1, 0.15) is 0 Å². The van der Waals surface area contributed by atoms with Gasteiger partial charge in [-0.25, -0.2) is 0 Å². The van der Waals surface area contributed by atoms with Crippen molar-refractivity contribution >= 4 is 23.4 Å². The second-order valence-corrected chi connectivity index (χ2v) is 4.23. The predicted octanol–water partition coefficient (Wildman–Crippen LogP) is 2.02. The Bertz CT molecular complexity index is 551. The van der Waals surface area contributed by atoms with Gasteiger partial charge in [0.15, 0.2) is 0 Å². The summed E-state index contributed by atoms with van der Waals surface area (Å²) >= 11 is 0. The highest BCUT2D eigenvalue weighted by molar-refractivity contribution is 6.63. The normalized spacial score (nSPS) is 14.5. The van der Waals surface area contributed by atoms with Crippen molar-refractivity contribution in [2.45, 2.75) is 13.5 Å². The third-order valence-corrected chi connectivity index (χ3v) is 3.22. The Morgan fingerprint density at radius 1 is 1.31 bits per heavy atom. The lowest BCUT2D eigenvalue weighted by Gasteiger charge is -2.06. The number of aryl methyl sites for hydroxylation is 1. The Kier molecular flexibility index (Phi) is 2.23. The van der Waals surface area contributed by atoms with Gasteiger partial charge >= 0.3 is 7.12 Å². The van der Waals surface area contributed by atoms with Gasteiger partial charge in [-0.15, -0.1) is 0 Å². The Hall–Kier alpha value is -1.32. The number of fused-ring (bicyclic) bond motifs is 2. The van der Waals surface area contributed by atoms with Crippen LogP contribution in [0, 0.1) is 6.92 Å². The van der Waals surface area contributed by atoms with Crippen LogP contribution in [-0.2, 0) is 15.9 Å². The summed E-state index contributed by atoms with van der Waals surface area (Å²) in [6, 6.07) is 10.8. The van der Waals surface area contributed by atoms with Gasteiger partial charge in [0.25, 0.3) is 0 Å². The molecule has 3 heteroatoms. The van der Waals surface area contributed by atoms with Crippen LogP contribution in [-0.4, -0.2) is 14.2 Å². The van der Waals surface area contributed by atoms with E-state index in [1.807, 2.05) is 0 Å². The first-order chi connectivity index (χ1) is 7.79. The van der Waals surface area contributed by atoms with Gasteiger partial charge in [-0.2, -0.15) is 0 Å². The first-order valence-corrected chi connectivity index (χ1v) is 5.46. The maximum Gasteiger partial charge on any atom is 0.494 e. The second-order valence-electron chi connectivity index (χ2n) is 4.23. The molecule has 2 aromatic rings. The Morgan fingerprint density at radius 3 is 3.00 bits per heavy atom. The zero-order chi connectivity index (χ0) is 11.1. The van der Waals surface area contributed by atoms with Crippen LogP contribution < -0.4 is 5.46 Å². The largest absolute Gasteiger partial charge is 0.494 e. The minimum atomic E-state index is -0.195. The summed E-state index contributed by atoms with van der Waals surface area (Å²) in [7, 11) is 1.49. The molecule has 80 valence electrons. The first-order valence-electron chi connectivity index (χ1n) is 5.46. The van der Waals surface area contributed by atoms with Crippen molar-refractivity contribution in [3.05, 3.63) is 41.5 Å². The quantitative estimate of drug-likeness (QED) is 0.673. The van der Waals surface area contributed by atoms with Crippen LogP contribution in [0.15, 0.2) is 30.3 Å². The highest BCUT2D eigenvalue weighted by atomic mass is 16.6. The lowest BCUT2D eigenvalue weighted by molar-refractivity contribution is 0.246. The molecule has 0 fully saturated rings. The fourth-order valence-corrected chi connectivity index (χ4v) is 2.34. The Labute approximate surface area is 95.3 Å². The molecule has 16 heavy (non-hydrogen) atoms. The number of benzene rings is 2. The van der Waals surface area contributed by atoms with Crippen LogP contribution in [0.4, 0.5) is 0 Å². The molecule has 0 aliphatic carbocycles. The van der Waals surface area contributed by atoms with E-state index in [1.165, 1.54) is 27.4 Å². The zero-order valence-corrected chi connectivity index (χ0v) is 9.49. The van der Waals surface area contributed by atoms with E-state index in [0.717, 1.165) is 0 Å². The fraction of sp³-hybridized carbons (Fsp3) is 0.231. The van der Waals surface area contributed by atoms with Crippen LogP contribution in [0.5, 0.6) is 0 Å². The van der Waals surface area contributed by atoms with Crippen molar-refractivity contribution < 1.29 is 9.31 Å². The molecule has 1 heterocycles. The van der Waals surface area contributed by atoms with E-state index in [2.05, 4.69) is 37.3 Å². The van der Waals surface area contributed by atoms with Crippen molar-refractivity contribution in [3.63, 3.8) is 0 Å². The molecular formula is C13H13BO2.